The molecule has 11 heteroatoms. The average Bonchev–Trinajstić information content (AvgIpc) is 0.811. The molecule has 0 saturated carbocycles. The Labute approximate surface area is 91.2 Å². The van der Waals surface area contributed by atoms with E-state index in [9.17, 15) is 0 Å². The maximum absolute atomic E-state index is 8.36. The van der Waals surface area contributed by atoms with Crippen LogP contribution >= 0.6 is 0 Å². The second kappa shape index (κ2) is 83.5. The minimum Gasteiger partial charge on any atom is -0.412 e. The van der Waals surface area contributed by atoms with Crippen molar-refractivity contribution in [2.24, 2.45) is 0 Å². The van der Waals surface area contributed by atoms with Gasteiger partial charge in [0.2, 0.25) is 0 Å². The Hall–Kier alpha value is 0.233. The summed E-state index contributed by atoms with van der Waals surface area (Å²) in [4.78, 5) is 8.36. The van der Waals surface area contributed by atoms with Crippen LogP contribution in [0.25, 0.3) is 0 Å². The molecule has 0 heterocycles. The van der Waals surface area contributed by atoms with E-state index in [0.717, 1.165) is 0 Å². The third kappa shape index (κ3) is 12800. The van der Waals surface area contributed by atoms with Gasteiger partial charge in [-0.05, 0) is 0 Å². The topological polar surface area (TPSA) is 252 Å². The van der Waals surface area contributed by atoms with Gasteiger partial charge in [-0.2, -0.15) is 0 Å². The minimum absolute atomic E-state index is 0. The van der Waals surface area contributed by atoms with Gasteiger partial charge in [-0.15, -0.1) is 10.1 Å². The molecule has 11 heavy (non-hydrogen) atoms. The Bertz CT molecular complexity index is 32.5. The molecule has 0 rings (SSSR count). The van der Waals surface area contributed by atoms with Crippen LogP contribution in [0.1, 0.15) is 0 Å². The molecule has 0 unspecified atom stereocenters. The molecular weight excluding hydrogens is 320 g/mol. The number of hydrogen-bond acceptors (Lipinski definition) is 2. The molecule has 82 valence electrons. The van der Waals surface area contributed by atoms with E-state index in [1.54, 1.807) is 0 Å². The van der Waals surface area contributed by atoms with Gasteiger partial charge in [0, 0.05) is 38.2 Å². The van der Waals surface area contributed by atoms with Crippen LogP contribution in [0.15, 0.2) is 0 Å². The predicted octanol–water partition coefficient (Wildman–Crippen LogP) is -5.30. The van der Waals surface area contributed by atoms with Crippen LogP contribution < -0.4 is 0 Å². The summed E-state index contributed by atoms with van der Waals surface area (Å²) in [6.07, 6.45) is 0. The maximum atomic E-state index is 8.36. The third-order valence-electron chi connectivity index (χ3n) is 0. The van der Waals surface area contributed by atoms with E-state index in [1.807, 2.05) is 0 Å². The van der Waals surface area contributed by atoms with Crippen molar-refractivity contribution in [3.63, 3.8) is 0 Å². The van der Waals surface area contributed by atoms with E-state index in [4.69, 9.17) is 15.3 Å². The summed E-state index contributed by atoms with van der Waals surface area (Å²) >= 11 is 0. The van der Waals surface area contributed by atoms with Crippen LogP contribution in [-0.4, -0.2) is 43.2 Å². The minimum atomic E-state index is -1.50. The van der Waals surface area contributed by atoms with Crippen molar-refractivity contribution in [1.82, 2.24) is 0 Å². The summed E-state index contributed by atoms with van der Waals surface area (Å²) in [6.45, 7) is 0. The fourth-order valence-electron chi connectivity index (χ4n) is 0. The molecule has 10 nitrogen and oxygen atoms in total. The Morgan fingerprint density at radius 2 is 0.909 bits per heavy atom. The van der Waals surface area contributed by atoms with Crippen molar-refractivity contribution in [2.45, 2.75) is 0 Å². The van der Waals surface area contributed by atoms with Gasteiger partial charge in [-0.25, -0.2) is 0 Å². The van der Waals surface area contributed by atoms with Crippen molar-refractivity contribution >= 4 is 0 Å². The molecule has 0 radical (unpaired) electrons. The van der Waals surface area contributed by atoms with Crippen molar-refractivity contribution in [3.8, 4) is 0 Å². The first-order chi connectivity index (χ1) is 1.73. The van der Waals surface area contributed by atoms with Crippen LogP contribution in [0.3, 0.4) is 0 Å². The predicted molar refractivity (Wildman–Crippen MR) is 30.5 cm³/mol. The molecular formula is H13DyNO9. The number of nitrogens with zero attached hydrogens (tertiary/aromatic N) is 1. The molecule has 0 aliphatic carbocycles. The quantitative estimate of drug-likeness (QED) is 0.336. The van der Waals surface area contributed by atoms with E-state index in [1.165, 1.54) is 0 Å². The molecule has 0 atom stereocenters. The number of rotatable bonds is 0. The number of hydrogen-bond donors (Lipinski definition) is 1. The summed E-state index contributed by atoms with van der Waals surface area (Å²) < 4.78 is 0. The fraction of sp³-hybridized carbons (Fsp3) is 0. The van der Waals surface area contributed by atoms with Crippen molar-refractivity contribution in [3.05, 3.63) is 10.1 Å². The van der Waals surface area contributed by atoms with Gasteiger partial charge in [0.1, 0.15) is 0 Å². The second-order valence-electron chi connectivity index (χ2n) is 0.238. The van der Waals surface area contributed by atoms with E-state index in [0.29, 0.717) is 0 Å². The summed E-state index contributed by atoms with van der Waals surface area (Å²) in [6, 6.07) is 0. The Morgan fingerprint density at radius 1 is 0.909 bits per heavy atom. The molecule has 0 aromatic rings. The normalized spacial score (nSPS) is 2.18. The Morgan fingerprint density at radius 3 is 0.909 bits per heavy atom. The van der Waals surface area contributed by atoms with Gasteiger partial charge < -0.3 is 38.1 Å². The standard InChI is InChI=1S/Dy.HNO3.6H2O/c;2-1(3)4;;;;;;/h;(H,2,3,4);6*1H2. The Kier molecular flexibility index (Phi) is 854. The van der Waals surface area contributed by atoms with Gasteiger partial charge in [0.15, 0.2) is 0 Å². The summed E-state index contributed by atoms with van der Waals surface area (Å²) in [7, 11) is 0. The van der Waals surface area contributed by atoms with Crippen LogP contribution in [0.5, 0.6) is 0 Å². The Balaban J connectivity index is -0.00000000214. The van der Waals surface area contributed by atoms with Crippen LogP contribution in [0.4, 0.5) is 0 Å². The van der Waals surface area contributed by atoms with Crippen LogP contribution in [-0.2, 0) is 0 Å². The van der Waals surface area contributed by atoms with Gasteiger partial charge in [-0.3, -0.25) is 0 Å². The molecule has 0 bridgehead atoms. The first kappa shape index (κ1) is 113. The average molecular weight is 334 g/mol. The molecule has 0 aromatic carbocycles. The monoisotopic (exact) mass is 335 g/mol. The van der Waals surface area contributed by atoms with Gasteiger partial charge >= 0.3 is 0 Å². The van der Waals surface area contributed by atoms with E-state index >= 15 is 0 Å². The molecule has 0 fully saturated rings. The molecule has 0 amide bonds. The first-order valence-electron chi connectivity index (χ1n) is 0.565. The zero-order chi connectivity index (χ0) is 3.58. The van der Waals surface area contributed by atoms with E-state index < -0.39 is 5.09 Å². The SMILES string of the molecule is O.O.O.O.O.O.O=[N+]([O-])O.[Dy]. The largest absolute Gasteiger partial charge is 0.412 e. The summed E-state index contributed by atoms with van der Waals surface area (Å²) in [5.41, 5.74) is 0. The molecule has 0 saturated heterocycles. The molecule has 0 spiro atoms. The second-order valence-corrected chi connectivity index (χ2v) is 0.238. The third-order valence-corrected chi connectivity index (χ3v) is 0. The smallest absolute Gasteiger partial charge is 0.291 e. The molecule has 0 aliphatic heterocycles. The molecule has 13 N–H and O–H groups in total. The van der Waals surface area contributed by atoms with Crippen LogP contribution in [0, 0.1) is 48.3 Å². The molecule has 0 aliphatic rings. The van der Waals surface area contributed by atoms with Gasteiger partial charge in [0.05, 0.1) is 0 Å². The van der Waals surface area contributed by atoms with Crippen molar-refractivity contribution in [2.75, 3.05) is 0 Å². The zero-order valence-electron chi connectivity index (χ0n) is 5.03. The van der Waals surface area contributed by atoms with Crippen molar-refractivity contribution < 1.29 is 81.3 Å². The van der Waals surface area contributed by atoms with Gasteiger partial charge in [0.25, 0.3) is 5.09 Å². The fourth-order valence-corrected chi connectivity index (χ4v) is 0. The van der Waals surface area contributed by atoms with E-state index in [-0.39, 0.29) is 71.0 Å². The summed E-state index contributed by atoms with van der Waals surface area (Å²) in [5.74, 6) is 0. The zero-order valence-corrected chi connectivity index (χ0v) is 7.06. The van der Waals surface area contributed by atoms with Gasteiger partial charge in [-0.1, -0.05) is 0 Å². The maximum Gasteiger partial charge on any atom is 0.291 e. The first-order valence-corrected chi connectivity index (χ1v) is 0.565. The van der Waals surface area contributed by atoms with Crippen molar-refractivity contribution in [1.29, 1.82) is 0 Å². The molecule has 0 aromatic heterocycles. The van der Waals surface area contributed by atoms with Crippen LogP contribution in [0.2, 0.25) is 0 Å². The summed E-state index contributed by atoms with van der Waals surface area (Å²) in [5, 5.41) is 13.6. The van der Waals surface area contributed by atoms with E-state index in [2.05, 4.69) is 0 Å².